The van der Waals surface area contributed by atoms with Crippen LogP contribution in [0.3, 0.4) is 0 Å². The zero-order valence-corrected chi connectivity index (χ0v) is 11.7. The molecule has 1 aliphatic rings. The van der Waals surface area contributed by atoms with E-state index in [2.05, 4.69) is 43.3 Å². The predicted molar refractivity (Wildman–Crippen MR) is 80.8 cm³/mol. The van der Waals surface area contributed by atoms with Crippen LogP contribution in [0.2, 0.25) is 0 Å². The molecule has 1 aromatic rings. The second kappa shape index (κ2) is 7.41. The van der Waals surface area contributed by atoms with Crippen molar-refractivity contribution in [1.82, 2.24) is 0 Å². The van der Waals surface area contributed by atoms with Crippen LogP contribution in [-0.2, 0) is 0 Å². The summed E-state index contributed by atoms with van der Waals surface area (Å²) in [5, 5.41) is 0. The molecule has 1 aromatic carbocycles. The molecule has 0 spiro atoms. The van der Waals surface area contributed by atoms with E-state index < -0.39 is 0 Å². The average Bonchev–Trinajstić information content (AvgIpc) is 2.81. The van der Waals surface area contributed by atoms with Crippen LogP contribution in [0.15, 0.2) is 30.3 Å². The Morgan fingerprint density at radius 3 is 2.44 bits per heavy atom. The van der Waals surface area contributed by atoms with Gasteiger partial charge in [-0.25, -0.2) is 0 Å². The Labute approximate surface area is 112 Å². The number of benzene rings is 1. The van der Waals surface area contributed by atoms with Crippen molar-refractivity contribution in [3.05, 3.63) is 41.5 Å². The molecule has 18 heavy (non-hydrogen) atoms. The van der Waals surface area contributed by atoms with E-state index in [9.17, 15) is 0 Å². The van der Waals surface area contributed by atoms with Crippen LogP contribution in [0.5, 0.6) is 0 Å². The van der Waals surface area contributed by atoms with Gasteiger partial charge in [0.25, 0.3) is 0 Å². The van der Waals surface area contributed by atoms with E-state index in [0.29, 0.717) is 5.92 Å². The van der Waals surface area contributed by atoms with E-state index in [4.69, 9.17) is 0 Å². The van der Waals surface area contributed by atoms with Crippen molar-refractivity contribution in [2.75, 3.05) is 0 Å². The van der Waals surface area contributed by atoms with Gasteiger partial charge in [-0.05, 0) is 17.5 Å². The molecule has 2 rings (SSSR count). The fourth-order valence-corrected chi connectivity index (χ4v) is 2.90. The fraction of sp³-hybridized carbons (Fsp3) is 0.556. The van der Waals surface area contributed by atoms with Gasteiger partial charge in [-0.3, -0.25) is 0 Å². The normalized spacial score (nSPS) is 17.1. The van der Waals surface area contributed by atoms with Gasteiger partial charge in [0, 0.05) is 5.92 Å². The van der Waals surface area contributed by atoms with Crippen LogP contribution in [0.1, 0.15) is 75.3 Å². The van der Waals surface area contributed by atoms with E-state index in [1.165, 1.54) is 56.9 Å². The summed E-state index contributed by atoms with van der Waals surface area (Å²) in [7, 11) is 0. The molecular formula is C18H26. The van der Waals surface area contributed by atoms with Gasteiger partial charge in [0.1, 0.15) is 0 Å². The highest BCUT2D eigenvalue weighted by Crippen LogP contribution is 2.33. The molecule has 0 heterocycles. The minimum atomic E-state index is 0.692. The lowest BCUT2D eigenvalue weighted by molar-refractivity contribution is 0.564. The van der Waals surface area contributed by atoms with Crippen LogP contribution >= 0.6 is 0 Å². The molecule has 0 saturated heterocycles. The summed E-state index contributed by atoms with van der Waals surface area (Å²) in [6.45, 7) is 2.28. The smallest absolute Gasteiger partial charge is 0.00272 e. The van der Waals surface area contributed by atoms with Crippen molar-refractivity contribution in [2.45, 2.75) is 64.2 Å². The Kier molecular flexibility index (Phi) is 5.51. The topological polar surface area (TPSA) is 0 Å². The van der Waals surface area contributed by atoms with E-state index in [1.807, 2.05) is 0 Å². The second-order valence-electron chi connectivity index (χ2n) is 5.50. The van der Waals surface area contributed by atoms with Gasteiger partial charge in [-0.15, -0.1) is 0 Å². The van der Waals surface area contributed by atoms with Crippen molar-refractivity contribution in [2.24, 2.45) is 0 Å². The summed E-state index contributed by atoms with van der Waals surface area (Å²) in [5.41, 5.74) is 2.98. The quantitative estimate of drug-likeness (QED) is 0.495. The van der Waals surface area contributed by atoms with Crippen LogP contribution < -0.4 is 0 Å². The van der Waals surface area contributed by atoms with Gasteiger partial charge in [0.15, 0.2) is 0 Å². The SMILES string of the molecule is CCCCCCCCCC1C=Cc2ccccc21. The Hall–Kier alpha value is -1.04. The summed E-state index contributed by atoms with van der Waals surface area (Å²) in [6, 6.07) is 8.83. The van der Waals surface area contributed by atoms with Crippen LogP contribution in [-0.4, -0.2) is 0 Å². The zero-order chi connectivity index (χ0) is 12.6. The maximum Gasteiger partial charge on any atom is 0.00272 e. The first-order valence-corrected chi connectivity index (χ1v) is 7.69. The van der Waals surface area contributed by atoms with E-state index in [-0.39, 0.29) is 0 Å². The number of hydrogen-bond donors (Lipinski definition) is 0. The molecule has 0 saturated carbocycles. The largest absolute Gasteiger partial charge is 0.0764 e. The highest BCUT2D eigenvalue weighted by Gasteiger charge is 2.15. The minimum absolute atomic E-state index is 0.692. The summed E-state index contributed by atoms with van der Waals surface area (Å²) in [4.78, 5) is 0. The first kappa shape index (κ1) is 13.4. The van der Waals surface area contributed by atoms with Gasteiger partial charge < -0.3 is 0 Å². The molecule has 0 aliphatic heterocycles. The highest BCUT2D eigenvalue weighted by molar-refractivity contribution is 5.62. The maximum atomic E-state index is 2.39. The van der Waals surface area contributed by atoms with E-state index in [1.54, 1.807) is 5.56 Å². The molecule has 98 valence electrons. The molecular weight excluding hydrogens is 216 g/mol. The molecule has 0 N–H and O–H groups in total. The summed E-state index contributed by atoms with van der Waals surface area (Å²) < 4.78 is 0. The van der Waals surface area contributed by atoms with Gasteiger partial charge in [-0.2, -0.15) is 0 Å². The van der Waals surface area contributed by atoms with Crippen LogP contribution in [0, 0.1) is 0 Å². The second-order valence-corrected chi connectivity index (χ2v) is 5.50. The van der Waals surface area contributed by atoms with Crippen LogP contribution in [0.25, 0.3) is 6.08 Å². The first-order valence-electron chi connectivity index (χ1n) is 7.69. The molecule has 0 heteroatoms. The van der Waals surface area contributed by atoms with E-state index in [0.717, 1.165) is 0 Å². The minimum Gasteiger partial charge on any atom is -0.0764 e. The fourth-order valence-electron chi connectivity index (χ4n) is 2.90. The number of unbranched alkanes of at least 4 members (excludes halogenated alkanes) is 6. The number of allylic oxidation sites excluding steroid dienone is 1. The number of rotatable bonds is 8. The number of fused-ring (bicyclic) bond motifs is 1. The Morgan fingerprint density at radius 1 is 0.889 bits per heavy atom. The summed E-state index contributed by atoms with van der Waals surface area (Å²) >= 11 is 0. The van der Waals surface area contributed by atoms with E-state index >= 15 is 0 Å². The average molecular weight is 242 g/mol. The molecule has 0 nitrogen and oxygen atoms in total. The lowest BCUT2D eigenvalue weighted by atomic mass is 9.94. The van der Waals surface area contributed by atoms with Crippen molar-refractivity contribution in [3.8, 4) is 0 Å². The zero-order valence-electron chi connectivity index (χ0n) is 11.7. The Balaban J connectivity index is 1.62. The Bertz CT molecular complexity index is 375. The third-order valence-corrected chi connectivity index (χ3v) is 4.02. The van der Waals surface area contributed by atoms with Gasteiger partial charge >= 0.3 is 0 Å². The lowest BCUT2D eigenvalue weighted by Gasteiger charge is -2.10. The number of hydrogen-bond acceptors (Lipinski definition) is 0. The molecule has 0 bridgehead atoms. The van der Waals surface area contributed by atoms with Crippen molar-refractivity contribution in [1.29, 1.82) is 0 Å². The highest BCUT2D eigenvalue weighted by atomic mass is 14.2. The third kappa shape index (κ3) is 3.73. The maximum absolute atomic E-state index is 2.39. The van der Waals surface area contributed by atoms with Gasteiger partial charge in [0.2, 0.25) is 0 Å². The molecule has 1 unspecified atom stereocenters. The molecule has 1 atom stereocenters. The lowest BCUT2D eigenvalue weighted by Crippen LogP contribution is -1.93. The molecule has 0 fully saturated rings. The monoisotopic (exact) mass is 242 g/mol. The summed E-state index contributed by atoms with van der Waals surface area (Å²) in [6.07, 6.45) is 15.9. The molecule has 0 aromatic heterocycles. The standard InChI is InChI=1S/C18H26/c1-2-3-4-5-6-7-8-11-16-14-15-17-12-9-10-13-18(16)17/h9-10,12-16H,2-8,11H2,1H3. The molecule has 0 radical (unpaired) electrons. The third-order valence-electron chi connectivity index (χ3n) is 4.02. The predicted octanol–water partition coefficient (Wildman–Crippen LogP) is 5.94. The first-order chi connectivity index (χ1) is 8.92. The van der Waals surface area contributed by atoms with Crippen LogP contribution in [0.4, 0.5) is 0 Å². The van der Waals surface area contributed by atoms with Gasteiger partial charge in [-0.1, -0.05) is 88.3 Å². The molecule has 0 amide bonds. The van der Waals surface area contributed by atoms with Crippen molar-refractivity contribution < 1.29 is 0 Å². The molecule has 1 aliphatic carbocycles. The summed E-state index contributed by atoms with van der Waals surface area (Å²) in [5.74, 6) is 0.692. The van der Waals surface area contributed by atoms with Crippen molar-refractivity contribution >= 4 is 6.08 Å². The Morgan fingerprint density at radius 2 is 1.61 bits per heavy atom. The van der Waals surface area contributed by atoms with Crippen molar-refractivity contribution in [3.63, 3.8) is 0 Å². The van der Waals surface area contributed by atoms with Gasteiger partial charge in [0.05, 0.1) is 0 Å².